The van der Waals surface area contributed by atoms with Gasteiger partial charge in [0, 0.05) is 16.4 Å². The normalized spacial score (nSPS) is 11.0. The summed E-state index contributed by atoms with van der Waals surface area (Å²) in [5.74, 6) is 0.666. The van der Waals surface area contributed by atoms with Crippen molar-refractivity contribution in [2.45, 2.75) is 4.90 Å². The Morgan fingerprint density at radius 2 is 1.81 bits per heavy atom. The zero-order valence-electron chi connectivity index (χ0n) is 11.3. The monoisotopic (exact) mass is 372 g/mol. The van der Waals surface area contributed by atoms with E-state index in [-0.39, 0.29) is 10.8 Å². The molecular weight excluding hydrogens is 360 g/mol. The molecule has 0 fully saturated rings. The Labute approximate surface area is 131 Å². The lowest BCUT2D eigenvalue weighted by Crippen LogP contribution is -2.14. The molecule has 1 N–H and O–H groups in total. The first-order valence-corrected chi connectivity index (χ1v) is 8.10. The minimum Gasteiger partial charge on any atom is -0.497 e. The van der Waals surface area contributed by atoms with Gasteiger partial charge in [0.15, 0.2) is 4.90 Å². The molecule has 0 bridgehead atoms. The van der Waals surface area contributed by atoms with E-state index in [0.29, 0.717) is 15.9 Å². The van der Waals surface area contributed by atoms with E-state index in [0.717, 1.165) is 0 Å². The highest BCUT2D eigenvalue weighted by atomic mass is 79.9. The van der Waals surface area contributed by atoms with Crippen molar-refractivity contribution in [1.29, 1.82) is 0 Å². The van der Waals surface area contributed by atoms with Gasteiger partial charge in [-0.15, -0.1) is 0 Å². The van der Waals surface area contributed by atoms with Gasteiger partial charge in [-0.3, -0.25) is 4.72 Å². The van der Waals surface area contributed by atoms with Gasteiger partial charge in [-0.1, -0.05) is 0 Å². The standard InChI is InChI=1S/C13H13BrN2O4S/c1-19-11-5-3-10(4-6-11)16-21(17,18)12-7-9(14)8-15-13(12)20-2/h3-8,16H,1-2H3. The highest BCUT2D eigenvalue weighted by Gasteiger charge is 2.21. The molecule has 0 aliphatic heterocycles. The van der Waals surface area contributed by atoms with Gasteiger partial charge in [0.05, 0.1) is 14.2 Å². The molecular formula is C13H13BrN2O4S. The summed E-state index contributed by atoms with van der Waals surface area (Å²) in [4.78, 5) is 3.88. The molecule has 0 aliphatic carbocycles. The van der Waals surface area contributed by atoms with Gasteiger partial charge in [0.2, 0.25) is 5.88 Å². The summed E-state index contributed by atoms with van der Waals surface area (Å²) < 4.78 is 37.8. The Balaban J connectivity index is 2.35. The van der Waals surface area contributed by atoms with Crippen LogP contribution >= 0.6 is 15.9 Å². The Morgan fingerprint density at radius 3 is 2.38 bits per heavy atom. The molecule has 6 nitrogen and oxygen atoms in total. The van der Waals surface area contributed by atoms with Crippen molar-refractivity contribution in [2.24, 2.45) is 0 Å². The molecule has 0 radical (unpaired) electrons. The number of ether oxygens (including phenoxy) is 2. The number of pyridine rings is 1. The number of aromatic nitrogens is 1. The average molecular weight is 373 g/mol. The van der Waals surface area contributed by atoms with E-state index >= 15 is 0 Å². The minimum absolute atomic E-state index is 0.0270. The van der Waals surface area contributed by atoms with Crippen molar-refractivity contribution >= 4 is 31.6 Å². The second-order valence-electron chi connectivity index (χ2n) is 3.99. The molecule has 0 spiro atoms. The molecule has 0 saturated heterocycles. The molecule has 0 aliphatic rings. The third-order valence-electron chi connectivity index (χ3n) is 2.61. The molecule has 0 unspecified atom stereocenters. The van der Waals surface area contributed by atoms with E-state index in [9.17, 15) is 8.42 Å². The lowest BCUT2D eigenvalue weighted by atomic mass is 10.3. The van der Waals surface area contributed by atoms with Crippen LogP contribution in [0, 0.1) is 0 Å². The van der Waals surface area contributed by atoms with Crippen LogP contribution in [0.15, 0.2) is 45.9 Å². The number of anilines is 1. The van der Waals surface area contributed by atoms with E-state index in [1.54, 1.807) is 24.3 Å². The number of hydrogen-bond acceptors (Lipinski definition) is 5. The van der Waals surface area contributed by atoms with E-state index < -0.39 is 10.0 Å². The maximum atomic E-state index is 12.4. The van der Waals surface area contributed by atoms with Crippen molar-refractivity contribution in [3.05, 3.63) is 41.0 Å². The number of methoxy groups -OCH3 is 2. The van der Waals surface area contributed by atoms with Crippen LogP contribution in [0.2, 0.25) is 0 Å². The molecule has 112 valence electrons. The largest absolute Gasteiger partial charge is 0.497 e. The number of hydrogen-bond donors (Lipinski definition) is 1. The number of nitrogens with zero attached hydrogens (tertiary/aromatic N) is 1. The zero-order chi connectivity index (χ0) is 15.5. The number of sulfonamides is 1. The maximum absolute atomic E-state index is 12.4. The molecule has 1 heterocycles. The van der Waals surface area contributed by atoms with Crippen LogP contribution in [-0.4, -0.2) is 27.6 Å². The Bertz CT molecular complexity index is 732. The summed E-state index contributed by atoms with van der Waals surface area (Å²) in [5, 5.41) is 0. The highest BCUT2D eigenvalue weighted by molar-refractivity contribution is 9.10. The zero-order valence-corrected chi connectivity index (χ0v) is 13.7. The van der Waals surface area contributed by atoms with E-state index in [1.165, 1.54) is 26.5 Å². The third-order valence-corrected chi connectivity index (χ3v) is 4.42. The number of benzene rings is 1. The first-order chi connectivity index (χ1) is 9.96. The van der Waals surface area contributed by atoms with Crippen LogP contribution in [0.5, 0.6) is 11.6 Å². The summed E-state index contributed by atoms with van der Waals surface area (Å²) in [5.41, 5.74) is 0.415. The smallest absolute Gasteiger partial charge is 0.267 e. The maximum Gasteiger partial charge on any atom is 0.267 e. The molecule has 21 heavy (non-hydrogen) atoms. The van der Waals surface area contributed by atoms with E-state index in [4.69, 9.17) is 9.47 Å². The minimum atomic E-state index is -3.81. The van der Waals surface area contributed by atoms with Crippen molar-refractivity contribution in [1.82, 2.24) is 4.98 Å². The van der Waals surface area contributed by atoms with Crippen molar-refractivity contribution in [2.75, 3.05) is 18.9 Å². The predicted molar refractivity (Wildman–Crippen MR) is 82.3 cm³/mol. The quantitative estimate of drug-likeness (QED) is 0.872. The van der Waals surface area contributed by atoms with Crippen LogP contribution < -0.4 is 14.2 Å². The molecule has 2 rings (SSSR count). The predicted octanol–water partition coefficient (Wildman–Crippen LogP) is 2.66. The molecule has 0 amide bonds. The molecule has 2 aromatic rings. The van der Waals surface area contributed by atoms with Gasteiger partial charge < -0.3 is 9.47 Å². The van der Waals surface area contributed by atoms with Gasteiger partial charge in [0.25, 0.3) is 10.0 Å². The SMILES string of the molecule is COc1ccc(NS(=O)(=O)c2cc(Br)cnc2OC)cc1. The van der Waals surface area contributed by atoms with Crippen LogP contribution in [0.1, 0.15) is 0 Å². The average Bonchev–Trinajstić information content (AvgIpc) is 2.47. The van der Waals surface area contributed by atoms with E-state index in [2.05, 4.69) is 25.6 Å². The Hall–Kier alpha value is -1.80. The first kappa shape index (κ1) is 15.6. The summed E-state index contributed by atoms with van der Waals surface area (Å²) in [6.07, 6.45) is 1.46. The van der Waals surface area contributed by atoms with Crippen LogP contribution in [0.4, 0.5) is 5.69 Å². The first-order valence-electron chi connectivity index (χ1n) is 5.82. The van der Waals surface area contributed by atoms with Crippen LogP contribution in [0.3, 0.4) is 0 Å². The van der Waals surface area contributed by atoms with E-state index in [1.807, 2.05) is 0 Å². The summed E-state index contributed by atoms with van der Waals surface area (Å²) in [6, 6.07) is 7.96. The molecule has 0 atom stereocenters. The van der Waals surface area contributed by atoms with Crippen molar-refractivity contribution in [3.63, 3.8) is 0 Å². The summed E-state index contributed by atoms with van der Waals surface area (Å²) in [7, 11) is -0.904. The lowest BCUT2D eigenvalue weighted by molar-refractivity contribution is 0.385. The second-order valence-corrected chi connectivity index (χ2v) is 6.56. The molecule has 1 aromatic carbocycles. The van der Waals surface area contributed by atoms with Crippen LogP contribution in [-0.2, 0) is 10.0 Å². The molecule has 0 saturated carbocycles. The summed E-state index contributed by atoms with van der Waals surface area (Å²) >= 11 is 3.20. The van der Waals surface area contributed by atoms with Gasteiger partial charge in [-0.05, 0) is 46.3 Å². The van der Waals surface area contributed by atoms with Gasteiger partial charge in [-0.25, -0.2) is 13.4 Å². The number of halogens is 1. The van der Waals surface area contributed by atoms with Gasteiger partial charge in [0.1, 0.15) is 5.75 Å². The van der Waals surface area contributed by atoms with Crippen molar-refractivity contribution in [3.8, 4) is 11.6 Å². The molecule has 1 aromatic heterocycles. The van der Waals surface area contributed by atoms with Gasteiger partial charge in [-0.2, -0.15) is 0 Å². The fourth-order valence-corrected chi connectivity index (χ4v) is 3.31. The molecule has 8 heteroatoms. The third kappa shape index (κ3) is 3.64. The summed E-state index contributed by atoms with van der Waals surface area (Å²) in [6.45, 7) is 0. The Morgan fingerprint density at radius 1 is 1.14 bits per heavy atom. The fourth-order valence-electron chi connectivity index (χ4n) is 1.62. The number of rotatable bonds is 5. The topological polar surface area (TPSA) is 77.5 Å². The van der Waals surface area contributed by atoms with Gasteiger partial charge >= 0.3 is 0 Å². The highest BCUT2D eigenvalue weighted by Crippen LogP contribution is 2.27. The Kier molecular flexibility index (Phi) is 4.69. The second kappa shape index (κ2) is 6.31. The number of nitrogens with one attached hydrogen (secondary N) is 1. The lowest BCUT2D eigenvalue weighted by Gasteiger charge is -2.11. The fraction of sp³-hybridized carbons (Fsp3) is 0.154. The van der Waals surface area contributed by atoms with Crippen molar-refractivity contribution < 1.29 is 17.9 Å². The van der Waals surface area contributed by atoms with Crippen LogP contribution in [0.25, 0.3) is 0 Å².